The number of carboxylic acid groups (broad SMARTS) is 1. The molecule has 1 aromatic rings. The molecule has 116 valence electrons. The van der Waals surface area contributed by atoms with Crippen LogP contribution in [0.3, 0.4) is 0 Å². The van der Waals surface area contributed by atoms with Gasteiger partial charge in [-0.1, -0.05) is 29.8 Å². The van der Waals surface area contributed by atoms with Gasteiger partial charge in [-0.05, 0) is 49.3 Å². The maximum atomic E-state index is 12.6. The predicted octanol–water partition coefficient (Wildman–Crippen LogP) is 3.42. The number of halogens is 1. The van der Waals surface area contributed by atoms with Crippen molar-refractivity contribution in [3.8, 4) is 0 Å². The molecule has 4 unspecified atom stereocenters. The molecule has 22 heavy (non-hydrogen) atoms. The molecule has 5 heteroatoms. The Balaban J connectivity index is 1.86. The molecule has 1 amide bonds. The molecule has 2 bridgehead atoms. The fourth-order valence-electron chi connectivity index (χ4n) is 3.80. The summed E-state index contributed by atoms with van der Waals surface area (Å²) in [5.74, 6) is -2.34. The standard InChI is InChI=1S/C17H18ClNO3/c1-8-5-9(2)15(12(18)6-8)19-16(20)13-10-3-4-11(7-10)14(13)17(21)22/h3-6,10-11,13-14H,7H2,1-2H3,(H,19,20)(H,21,22). The second-order valence-corrected chi connectivity index (χ2v) is 6.67. The van der Waals surface area contributed by atoms with Crippen molar-refractivity contribution in [3.63, 3.8) is 0 Å². The zero-order valence-electron chi connectivity index (χ0n) is 12.5. The molecule has 0 aromatic heterocycles. The van der Waals surface area contributed by atoms with Gasteiger partial charge < -0.3 is 10.4 Å². The molecular formula is C17H18ClNO3. The van der Waals surface area contributed by atoms with Crippen LogP contribution in [0.4, 0.5) is 5.69 Å². The summed E-state index contributed by atoms with van der Waals surface area (Å²) in [6.07, 6.45) is 4.64. The number of amides is 1. The summed E-state index contributed by atoms with van der Waals surface area (Å²) < 4.78 is 0. The summed E-state index contributed by atoms with van der Waals surface area (Å²) in [4.78, 5) is 24.1. The minimum absolute atomic E-state index is 0.00984. The van der Waals surface area contributed by atoms with Gasteiger partial charge in [-0.2, -0.15) is 0 Å². The molecule has 0 spiro atoms. The molecule has 4 nitrogen and oxygen atoms in total. The predicted molar refractivity (Wildman–Crippen MR) is 84.9 cm³/mol. The second kappa shape index (κ2) is 5.43. The van der Waals surface area contributed by atoms with E-state index in [0.29, 0.717) is 10.7 Å². The van der Waals surface area contributed by atoms with Crippen molar-refractivity contribution < 1.29 is 14.7 Å². The van der Waals surface area contributed by atoms with Crippen LogP contribution < -0.4 is 5.32 Å². The third-order valence-electron chi connectivity index (χ3n) is 4.73. The largest absolute Gasteiger partial charge is 0.481 e. The van der Waals surface area contributed by atoms with E-state index in [-0.39, 0.29) is 17.7 Å². The van der Waals surface area contributed by atoms with Crippen molar-refractivity contribution in [2.75, 3.05) is 5.32 Å². The number of aryl methyl sites for hydroxylation is 2. The molecule has 2 aliphatic rings. The highest BCUT2D eigenvalue weighted by Gasteiger charge is 2.51. The zero-order chi connectivity index (χ0) is 16.0. The van der Waals surface area contributed by atoms with Gasteiger partial charge in [-0.15, -0.1) is 0 Å². The second-order valence-electron chi connectivity index (χ2n) is 6.27. The number of carboxylic acids is 1. The van der Waals surface area contributed by atoms with Crippen LogP contribution in [0.1, 0.15) is 17.5 Å². The number of anilines is 1. The van der Waals surface area contributed by atoms with Crippen LogP contribution in [-0.4, -0.2) is 17.0 Å². The zero-order valence-corrected chi connectivity index (χ0v) is 13.2. The number of nitrogens with one attached hydrogen (secondary N) is 1. The minimum atomic E-state index is -0.899. The average molecular weight is 320 g/mol. The molecule has 0 radical (unpaired) electrons. The van der Waals surface area contributed by atoms with Crippen molar-refractivity contribution >= 4 is 29.2 Å². The molecule has 4 atom stereocenters. The van der Waals surface area contributed by atoms with Crippen molar-refractivity contribution in [1.82, 2.24) is 0 Å². The number of rotatable bonds is 3. The third kappa shape index (κ3) is 2.41. The van der Waals surface area contributed by atoms with Gasteiger partial charge in [0.15, 0.2) is 0 Å². The van der Waals surface area contributed by atoms with Crippen LogP contribution in [-0.2, 0) is 9.59 Å². The van der Waals surface area contributed by atoms with E-state index in [1.165, 1.54) is 0 Å². The van der Waals surface area contributed by atoms with E-state index >= 15 is 0 Å². The first-order valence-electron chi connectivity index (χ1n) is 7.37. The van der Waals surface area contributed by atoms with Gasteiger partial charge in [-0.3, -0.25) is 9.59 Å². The first kappa shape index (κ1) is 15.1. The van der Waals surface area contributed by atoms with Gasteiger partial charge in [0.25, 0.3) is 0 Å². The minimum Gasteiger partial charge on any atom is -0.481 e. The number of allylic oxidation sites excluding steroid dienone is 2. The maximum Gasteiger partial charge on any atom is 0.307 e. The van der Waals surface area contributed by atoms with Crippen LogP contribution in [0.5, 0.6) is 0 Å². The summed E-state index contributed by atoms with van der Waals surface area (Å²) >= 11 is 6.22. The topological polar surface area (TPSA) is 66.4 Å². The van der Waals surface area contributed by atoms with E-state index in [9.17, 15) is 14.7 Å². The third-order valence-corrected chi connectivity index (χ3v) is 5.03. The number of benzene rings is 1. The van der Waals surface area contributed by atoms with E-state index in [2.05, 4.69) is 5.32 Å². The maximum absolute atomic E-state index is 12.6. The molecular weight excluding hydrogens is 302 g/mol. The van der Waals surface area contributed by atoms with E-state index in [1.54, 1.807) is 6.07 Å². The lowest BCUT2D eigenvalue weighted by Gasteiger charge is -2.24. The van der Waals surface area contributed by atoms with Crippen LogP contribution in [0.15, 0.2) is 24.3 Å². The summed E-state index contributed by atoms with van der Waals surface area (Å²) in [6, 6.07) is 3.73. The van der Waals surface area contributed by atoms with E-state index in [1.807, 2.05) is 32.1 Å². The van der Waals surface area contributed by atoms with Gasteiger partial charge in [0.1, 0.15) is 0 Å². The van der Waals surface area contributed by atoms with Crippen molar-refractivity contribution in [1.29, 1.82) is 0 Å². The van der Waals surface area contributed by atoms with Crippen molar-refractivity contribution in [3.05, 3.63) is 40.4 Å². The smallest absolute Gasteiger partial charge is 0.307 e. The average Bonchev–Trinajstić information content (AvgIpc) is 3.02. The Morgan fingerprint density at radius 2 is 1.82 bits per heavy atom. The van der Waals surface area contributed by atoms with Gasteiger partial charge in [0.2, 0.25) is 5.91 Å². The highest BCUT2D eigenvalue weighted by atomic mass is 35.5. The van der Waals surface area contributed by atoms with Gasteiger partial charge in [0, 0.05) is 0 Å². The van der Waals surface area contributed by atoms with Crippen LogP contribution in [0.25, 0.3) is 0 Å². The lowest BCUT2D eigenvalue weighted by atomic mass is 9.82. The number of hydrogen-bond acceptors (Lipinski definition) is 2. The van der Waals surface area contributed by atoms with Gasteiger partial charge >= 0.3 is 5.97 Å². The lowest BCUT2D eigenvalue weighted by molar-refractivity contribution is -0.146. The van der Waals surface area contributed by atoms with Crippen LogP contribution in [0, 0.1) is 37.5 Å². The molecule has 3 rings (SSSR count). The Bertz CT molecular complexity index is 659. The Labute approximate surface area is 134 Å². The molecule has 2 N–H and O–H groups in total. The quantitative estimate of drug-likeness (QED) is 0.839. The molecule has 0 heterocycles. The fraction of sp³-hybridized carbons (Fsp3) is 0.412. The first-order chi connectivity index (χ1) is 10.4. The van der Waals surface area contributed by atoms with Crippen molar-refractivity contribution in [2.45, 2.75) is 20.3 Å². The Kier molecular flexibility index (Phi) is 3.73. The summed E-state index contributed by atoms with van der Waals surface area (Å²) in [5.41, 5.74) is 2.48. The molecule has 0 saturated heterocycles. The lowest BCUT2D eigenvalue weighted by Crippen LogP contribution is -2.36. The first-order valence-corrected chi connectivity index (χ1v) is 7.75. The molecule has 0 aliphatic heterocycles. The summed E-state index contributed by atoms with van der Waals surface area (Å²) in [5, 5.41) is 12.8. The summed E-state index contributed by atoms with van der Waals surface area (Å²) in [6.45, 7) is 3.82. The number of aliphatic carboxylic acids is 1. The van der Waals surface area contributed by atoms with Gasteiger partial charge in [0.05, 0.1) is 22.5 Å². The van der Waals surface area contributed by atoms with E-state index in [0.717, 1.165) is 17.5 Å². The van der Waals surface area contributed by atoms with Crippen LogP contribution >= 0.6 is 11.6 Å². The number of fused-ring (bicyclic) bond motifs is 2. The monoisotopic (exact) mass is 319 g/mol. The SMILES string of the molecule is Cc1cc(C)c(NC(=O)C2C3C=CC(C3)C2C(=O)O)c(Cl)c1. The van der Waals surface area contributed by atoms with E-state index in [4.69, 9.17) is 11.6 Å². The number of carbonyl (C=O) groups excluding carboxylic acids is 1. The molecule has 1 aromatic carbocycles. The molecule has 1 fully saturated rings. The molecule has 1 saturated carbocycles. The van der Waals surface area contributed by atoms with E-state index < -0.39 is 17.8 Å². The fourth-order valence-corrected chi connectivity index (χ4v) is 4.17. The van der Waals surface area contributed by atoms with Gasteiger partial charge in [-0.25, -0.2) is 0 Å². The van der Waals surface area contributed by atoms with Crippen molar-refractivity contribution in [2.24, 2.45) is 23.7 Å². The Hall–Kier alpha value is -1.81. The normalized spacial score (nSPS) is 28.9. The Morgan fingerprint density at radius 1 is 1.18 bits per heavy atom. The van der Waals surface area contributed by atoms with Crippen LogP contribution in [0.2, 0.25) is 5.02 Å². The summed E-state index contributed by atoms with van der Waals surface area (Å²) in [7, 11) is 0. The molecule has 2 aliphatic carbocycles. The Morgan fingerprint density at radius 3 is 2.41 bits per heavy atom. The highest BCUT2D eigenvalue weighted by Crippen LogP contribution is 2.48. The highest BCUT2D eigenvalue weighted by molar-refractivity contribution is 6.34. The number of carbonyl (C=O) groups is 2. The number of hydrogen-bond donors (Lipinski definition) is 2.